The smallest absolute Gasteiger partial charge is 0.307 e. The molecule has 0 unspecified atom stereocenters. The molecule has 0 aromatic carbocycles. The van der Waals surface area contributed by atoms with Crippen LogP contribution in [-0.2, 0) is 5.75 Å². The number of nitrogens with zero attached hydrogens (tertiary/aromatic N) is 5. The van der Waals surface area contributed by atoms with Gasteiger partial charge in [0.25, 0.3) is 11.4 Å². The summed E-state index contributed by atoms with van der Waals surface area (Å²) in [6.45, 7) is 3.26. The SMILES string of the molecule is Cc1cc(=O)[nH]c(SCc2nnc(-c3no[n+]([O-])c3C)o2)n1. The molecule has 0 aliphatic carbocycles. The highest BCUT2D eigenvalue weighted by Gasteiger charge is 2.23. The van der Waals surface area contributed by atoms with Crippen LogP contribution in [0.15, 0.2) is 25.1 Å². The fraction of sp³-hybridized carbons (Fsp3) is 0.273. The van der Waals surface area contributed by atoms with E-state index < -0.39 is 0 Å². The maximum Gasteiger partial charge on any atom is 0.307 e. The van der Waals surface area contributed by atoms with E-state index in [1.165, 1.54) is 24.8 Å². The van der Waals surface area contributed by atoms with Gasteiger partial charge in [-0.25, -0.2) is 4.98 Å². The Bertz CT molecular complexity index is 870. The highest BCUT2D eigenvalue weighted by Crippen LogP contribution is 2.21. The Kier molecular flexibility index (Phi) is 3.63. The molecule has 3 aromatic heterocycles. The van der Waals surface area contributed by atoms with Crippen LogP contribution in [-0.4, -0.2) is 25.3 Å². The van der Waals surface area contributed by atoms with Gasteiger partial charge in [0.05, 0.1) is 10.9 Å². The zero-order chi connectivity index (χ0) is 15.7. The summed E-state index contributed by atoms with van der Waals surface area (Å²) in [4.78, 5) is 18.4. The number of hydrogen-bond donors (Lipinski definition) is 1. The highest BCUT2D eigenvalue weighted by molar-refractivity contribution is 7.98. The van der Waals surface area contributed by atoms with Crippen molar-refractivity contribution in [3.63, 3.8) is 0 Å². The molecule has 114 valence electrons. The standard InChI is InChI=1S/C11H10N6O4S/c1-5-3-7(18)13-11(12-5)22-4-8-14-15-10(20-8)9-6(2)17(19)21-16-9/h3H,4H2,1-2H3,(H,12,13,18). The highest BCUT2D eigenvalue weighted by atomic mass is 32.2. The minimum absolute atomic E-state index is 0.0946. The van der Waals surface area contributed by atoms with Crippen LogP contribution >= 0.6 is 11.8 Å². The van der Waals surface area contributed by atoms with E-state index in [9.17, 15) is 10.0 Å². The summed E-state index contributed by atoms with van der Waals surface area (Å²) < 4.78 is 9.85. The average Bonchev–Trinajstić information content (AvgIpc) is 3.04. The lowest BCUT2D eigenvalue weighted by Gasteiger charge is -1.98. The molecular formula is C11H10N6O4S. The van der Waals surface area contributed by atoms with Gasteiger partial charge in [0.1, 0.15) is 0 Å². The Morgan fingerprint density at radius 2 is 2.23 bits per heavy atom. The first kappa shape index (κ1) is 14.3. The third kappa shape index (κ3) is 2.83. The van der Waals surface area contributed by atoms with Gasteiger partial charge in [0.15, 0.2) is 5.16 Å². The van der Waals surface area contributed by atoms with Gasteiger partial charge in [-0.05, 0) is 11.8 Å². The van der Waals surface area contributed by atoms with E-state index in [1.54, 1.807) is 6.92 Å². The fourth-order valence-electron chi connectivity index (χ4n) is 1.64. The van der Waals surface area contributed by atoms with Crippen molar-refractivity contribution < 1.29 is 13.9 Å². The minimum atomic E-state index is -0.223. The molecule has 0 saturated carbocycles. The molecule has 10 nitrogen and oxygen atoms in total. The zero-order valence-electron chi connectivity index (χ0n) is 11.6. The lowest BCUT2D eigenvalue weighted by Crippen LogP contribution is -2.25. The van der Waals surface area contributed by atoms with Gasteiger partial charge in [0.2, 0.25) is 11.6 Å². The van der Waals surface area contributed by atoms with Crippen molar-refractivity contribution in [2.75, 3.05) is 0 Å². The van der Waals surface area contributed by atoms with Crippen molar-refractivity contribution in [1.29, 1.82) is 0 Å². The third-order valence-corrected chi connectivity index (χ3v) is 3.53. The molecule has 0 amide bonds. The van der Waals surface area contributed by atoms with Gasteiger partial charge in [-0.15, -0.1) is 10.2 Å². The minimum Gasteiger partial charge on any atom is -0.417 e. The molecule has 0 saturated heterocycles. The Hall–Kier alpha value is -2.69. The first-order valence-electron chi connectivity index (χ1n) is 6.13. The molecule has 0 atom stereocenters. The van der Waals surface area contributed by atoms with Crippen LogP contribution in [0, 0.1) is 19.1 Å². The van der Waals surface area contributed by atoms with Gasteiger partial charge in [-0.3, -0.25) is 9.42 Å². The molecule has 11 heteroatoms. The summed E-state index contributed by atoms with van der Waals surface area (Å²) in [6, 6.07) is 1.40. The normalized spacial score (nSPS) is 11.0. The van der Waals surface area contributed by atoms with Gasteiger partial charge in [-0.2, -0.15) is 0 Å². The van der Waals surface area contributed by atoms with Crippen LogP contribution in [0.25, 0.3) is 11.6 Å². The molecule has 3 aromatic rings. The number of H-pyrrole nitrogens is 1. The Balaban J connectivity index is 1.74. The molecule has 0 aliphatic heterocycles. The summed E-state index contributed by atoms with van der Waals surface area (Å²) in [5, 5.41) is 22.8. The number of aromatic amines is 1. The lowest BCUT2D eigenvalue weighted by molar-refractivity contribution is -0.806. The van der Waals surface area contributed by atoms with Crippen LogP contribution in [0.4, 0.5) is 0 Å². The molecule has 0 bridgehead atoms. The van der Waals surface area contributed by atoms with E-state index in [4.69, 9.17) is 4.42 Å². The first-order valence-corrected chi connectivity index (χ1v) is 7.11. The predicted molar refractivity (Wildman–Crippen MR) is 72.6 cm³/mol. The van der Waals surface area contributed by atoms with E-state index in [2.05, 4.69) is 30.0 Å². The molecule has 0 spiro atoms. The number of rotatable bonds is 4. The van der Waals surface area contributed by atoms with Crippen molar-refractivity contribution in [2.45, 2.75) is 24.8 Å². The van der Waals surface area contributed by atoms with Crippen molar-refractivity contribution in [3.8, 4) is 11.6 Å². The van der Waals surface area contributed by atoms with Gasteiger partial charge in [-0.1, -0.05) is 11.8 Å². The molecule has 22 heavy (non-hydrogen) atoms. The largest absolute Gasteiger partial charge is 0.417 e. The molecule has 3 heterocycles. The molecule has 1 N–H and O–H groups in total. The molecule has 0 aliphatic rings. The second kappa shape index (κ2) is 5.60. The molecular weight excluding hydrogens is 312 g/mol. The van der Waals surface area contributed by atoms with E-state index in [-0.39, 0.29) is 27.7 Å². The van der Waals surface area contributed by atoms with E-state index in [0.717, 1.165) is 0 Å². The Morgan fingerprint density at radius 3 is 2.91 bits per heavy atom. The maximum atomic E-state index is 11.3. The van der Waals surface area contributed by atoms with E-state index >= 15 is 0 Å². The fourth-order valence-corrected chi connectivity index (χ4v) is 2.40. The van der Waals surface area contributed by atoms with Crippen LogP contribution in [0.1, 0.15) is 17.3 Å². The maximum absolute atomic E-state index is 11.3. The predicted octanol–water partition coefficient (Wildman–Crippen LogP) is 0.350. The number of aromatic nitrogens is 6. The number of nitrogens with one attached hydrogen (secondary N) is 1. The van der Waals surface area contributed by atoms with Crippen molar-refractivity contribution >= 4 is 11.8 Å². The quantitative estimate of drug-likeness (QED) is 0.409. The second-order valence-corrected chi connectivity index (χ2v) is 5.31. The van der Waals surface area contributed by atoms with E-state index in [0.29, 0.717) is 22.5 Å². The summed E-state index contributed by atoms with van der Waals surface area (Å²) in [5.41, 5.74) is 0.823. The van der Waals surface area contributed by atoms with Crippen LogP contribution in [0.2, 0.25) is 0 Å². The summed E-state index contributed by atoms with van der Waals surface area (Å²) in [6.07, 6.45) is 0. The lowest BCUT2D eigenvalue weighted by atomic mass is 10.3. The molecule has 3 rings (SSSR count). The number of thioether (sulfide) groups is 1. The molecule has 0 radical (unpaired) electrons. The summed E-state index contributed by atoms with van der Waals surface area (Å²) in [7, 11) is 0. The van der Waals surface area contributed by atoms with Crippen molar-refractivity contribution in [2.24, 2.45) is 0 Å². The van der Waals surface area contributed by atoms with Gasteiger partial charge < -0.3 is 14.6 Å². The Morgan fingerprint density at radius 1 is 1.41 bits per heavy atom. The molecule has 0 fully saturated rings. The topological polar surface area (TPSA) is 138 Å². The number of hydrogen-bond acceptors (Lipinski definition) is 9. The summed E-state index contributed by atoms with van der Waals surface area (Å²) in [5.74, 6) is 0.717. The van der Waals surface area contributed by atoms with E-state index in [1.807, 2.05) is 0 Å². The van der Waals surface area contributed by atoms with Gasteiger partial charge in [0, 0.05) is 18.7 Å². The monoisotopic (exact) mass is 322 g/mol. The number of aryl methyl sites for hydroxylation is 1. The Labute approximate surface area is 127 Å². The first-order chi connectivity index (χ1) is 10.5. The average molecular weight is 322 g/mol. The van der Waals surface area contributed by atoms with Gasteiger partial charge >= 0.3 is 5.69 Å². The van der Waals surface area contributed by atoms with Crippen LogP contribution < -0.4 is 10.5 Å². The third-order valence-electron chi connectivity index (χ3n) is 2.67. The van der Waals surface area contributed by atoms with Crippen LogP contribution in [0.3, 0.4) is 0 Å². The zero-order valence-corrected chi connectivity index (χ0v) is 12.4. The van der Waals surface area contributed by atoms with Crippen molar-refractivity contribution in [3.05, 3.63) is 38.9 Å². The summed E-state index contributed by atoms with van der Waals surface area (Å²) >= 11 is 1.25. The second-order valence-electron chi connectivity index (χ2n) is 4.35. The van der Waals surface area contributed by atoms with Crippen LogP contribution in [0.5, 0.6) is 0 Å². The van der Waals surface area contributed by atoms with Crippen molar-refractivity contribution in [1.82, 2.24) is 25.3 Å².